The van der Waals surface area contributed by atoms with Crippen LogP contribution in [0.3, 0.4) is 0 Å². The first-order chi connectivity index (χ1) is 10.4. The van der Waals surface area contributed by atoms with Crippen LogP contribution in [-0.2, 0) is 0 Å². The summed E-state index contributed by atoms with van der Waals surface area (Å²) in [6.45, 7) is 6.37. The highest BCUT2D eigenvalue weighted by molar-refractivity contribution is 5.47. The molecule has 0 aliphatic carbocycles. The zero-order valence-corrected chi connectivity index (χ0v) is 12.5. The Hall–Kier alpha value is -1.66. The van der Waals surface area contributed by atoms with Gasteiger partial charge in [0.2, 0.25) is 0 Å². The number of hydrogen-bond donors (Lipinski definition) is 1. The Morgan fingerprint density at radius 3 is 2.95 bits per heavy atom. The van der Waals surface area contributed by atoms with Crippen molar-refractivity contribution in [3.8, 4) is 0 Å². The SMILES string of the molecule is NCCCCN1CCCN(c2ccn3nccc3n2)CC1. The lowest BCUT2D eigenvalue weighted by Crippen LogP contribution is -2.32. The van der Waals surface area contributed by atoms with Crippen molar-refractivity contribution in [1.82, 2.24) is 19.5 Å². The van der Waals surface area contributed by atoms with Crippen LogP contribution in [0.4, 0.5) is 5.82 Å². The van der Waals surface area contributed by atoms with E-state index in [2.05, 4.69) is 21.0 Å². The minimum Gasteiger partial charge on any atom is -0.355 e. The molecule has 0 amide bonds. The standard InChI is InChI=1S/C15H24N6/c16-6-1-2-8-19-9-3-10-20(13-12-19)14-5-11-21-15(18-14)4-7-17-21/h4-5,7,11H,1-3,6,8-10,12-13,16H2. The normalized spacial score (nSPS) is 17.3. The van der Waals surface area contributed by atoms with E-state index in [0.29, 0.717) is 0 Å². The summed E-state index contributed by atoms with van der Waals surface area (Å²) in [4.78, 5) is 9.63. The molecule has 114 valence electrons. The zero-order chi connectivity index (χ0) is 14.5. The molecular formula is C15H24N6. The first-order valence-electron chi connectivity index (χ1n) is 7.84. The average molecular weight is 288 g/mol. The van der Waals surface area contributed by atoms with Gasteiger partial charge in [0.1, 0.15) is 5.82 Å². The number of nitrogens with zero attached hydrogens (tertiary/aromatic N) is 5. The second-order valence-corrected chi connectivity index (χ2v) is 5.60. The molecule has 1 aliphatic rings. The summed E-state index contributed by atoms with van der Waals surface area (Å²) in [5, 5.41) is 4.19. The van der Waals surface area contributed by atoms with Crippen molar-refractivity contribution in [3.63, 3.8) is 0 Å². The molecule has 6 heteroatoms. The summed E-state index contributed by atoms with van der Waals surface area (Å²) < 4.78 is 1.81. The number of anilines is 1. The third-order valence-electron chi connectivity index (χ3n) is 4.08. The third kappa shape index (κ3) is 3.51. The van der Waals surface area contributed by atoms with Crippen LogP contribution in [-0.4, -0.2) is 58.8 Å². The maximum absolute atomic E-state index is 5.57. The molecule has 1 aliphatic heterocycles. The number of fused-ring (bicyclic) bond motifs is 1. The quantitative estimate of drug-likeness (QED) is 0.831. The number of nitrogens with two attached hydrogens (primary N) is 1. The number of aromatic nitrogens is 3. The van der Waals surface area contributed by atoms with Crippen LogP contribution >= 0.6 is 0 Å². The summed E-state index contributed by atoms with van der Waals surface area (Å²) in [5.74, 6) is 1.06. The Labute approximate surface area is 125 Å². The summed E-state index contributed by atoms with van der Waals surface area (Å²) in [5.41, 5.74) is 6.48. The fourth-order valence-electron chi connectivity index (χ4n) is 2.88. The van der Waals surface area contributed by atoms with Gasteiger partial charge in [0.15, 0.2) is 5.65 Å². The van der Waals surface area contributed by atoms with Gasteiger partial charge in [-0.1, -0.05) is 0 Å². The third-order valence-corrected chi connectivity index (χ3v) is 4.08. The molecule has 0 unspecified atom stereocenters. The predicted octanol–water partition coefficient (Wildman–Crippen LogP) is 0.980. The molecule has 0 saturated carbocycles. The van der Waals surface area contributed by atoms with Crippen LogP contribution in [0.2, 0.25) is 0 Å². The lowest BCUT2D eigenvalue weighted by molar-refractivity contribution is 0.288. The largest absolute Gasteiger partial charge is 0.355 e. The van der Waals surface area contributed by atoms with Crippen molar-refractivity contribution >= 4 is 11.5 Å². The Bertz CT molecular complexity index is 566. The van der Waals surface area contributed by atoms with E-state index in [9.17, 15) is 0 Å². The van der Waals surface area contributed by atoms with E-state index in [0.717, 1.165) is 44.1 Å². The molecule has 2 N–H and O–H groups in total. The topological polar surface area (TPSA) is 62.7 Å². The molecule has 0 atom stereocenters. The molecule has 0 aromatic carbocycles. The van der Waals surface area contributed by atoms with E-state index >= 15 is 0 Å². The second-order valence-electron chi connectivity index (χ2n) is 5.60. The lowest BCUT2D eigenvalue weighted by atomic mass is 10.3. The molecule has 0 radical (unpaired) electrons. The highest BCUT2D eigenvalue weighted by atomic mass is 15.3. The van der Waals surface area contributed by atoms with Gasteiger partial charge in [0.25, 0.3) is 0 Å². The summed E-state index contributed by atoms with van der Waals surface area (Å²) in [7, 11) is 0. The Morgan fingerprint density at radius 2 is 2.05 bits per heavy atom. The van der Waals surface area contributed by atoms with Crippen LogP contribution in [0.1, 0.15) is 19.3 Å². The molecule has 1 fully saturated rings. The molecule has 1 saturated heterocycles. The van der Waals surface area contributed by atoms with Crippen molar-refractivity contribution < 1.29 is 0 Å². The molecule has 3 heterocycles. The Kier molecular flexibility index (Phi) is 4.67. The van der Waals surface area contributed by atoms with Crippen molar-refractivity contribution in [2.24, 2.45) is 5.73 Å². The first-order valence-corrected chi connectivity index (χ1v) is 7.84. The fourth-order valence-corrected chi connectivity index (χ4v) is 2.88. The maximum Gasteiger partial charge on any atom is 0.157 e. The Morgan fingerprint density at radius 1 is 1.10 bits per heavy atom. The minimum absolute atomic E-state index is 0.801. The summed E-state index contributed by atoms with van der Waals surface area (Å²) >= 11 is 0. The molecule has 2 aromatic heterocycles. The van der Waals surface area contributed by atoms with E-state index in [1.165, 1.54) is 25.9 Å². The van der Waals surface area contributed by atoms with Gasteiger partial charge in [-0.05, 0) is 45.0 Å². The molecule has 0 spiro atoms. The minimum atomic E-state index is 0.801. The highest BCUT2D eigenvalue weighted by Gasteiger charge is 2.16. The number of unbranched alkanes of at least 4 members (excludes halogenated alkanes) is 1. The van der Waals surface area contributed by atoms with Crippen LogP contribution < -0.4 is 10.6 Å². The van der Waals surface area contributed by atoms with Gasteiger partial charge in [-0.15, -0.1) is 0 Å². The predicted molar refractivity (Wildman–Crippen MR) is 84.5 cm³/mol. The number of rotatable bonds is 5. The fraction of sp³-hybridized carbons (Fsp3) is 0.600. The summed E-state index contributed by atoms with van der Waals surface area (Å²) in [6, 6.07) is 4.00. The Balaban J connectivity index is 1.61. The lowest BCUT2D eigenvalue weighted by Gasteiger charge is -2.22. The van der Waals surface area contributed by atoms with Crippen LogP contribution in [0, 0.1) is 0 Å². The molecule has 6 nitrogen and oxygen atoms in total. The van der Waals surface area contributed by atoms with Crippen molar-refractivity contribution in [3.05, 3.63) is 24.5 Å². The van der Waals surface area contributed by atoms with Gasteiger partial charge in [-0.3, -0.25) is 0 Å². The van der Waals surface area contributed by atoms with E-state index in [-0.39, 0.29) is 0 Å². The van der Waals surface area contributed by atoms with Gasteiger partial charge < -0.3 is 15.5 Å². The second kappa shape index (κ2) is 6.87. The molecular weight excluding hydrogens is 264 g/mol. The van der Waals surface area contributed by atoms with Crippen LogP contribution in [0.5, 0.6) is 0 Å². The van der Waals surface area contributed by atoms with E-state index in [1.54, 1.807) is 10.7 Å². The van der Waals surface area contributed by atoms with Gasteiger partial charge in [0.05, 0.1) is 6.20 Å². The maximum atomic E-state index is 5.57. The smallest absolute Gasteiger partial charge is 0.157 e. The van der Waals surface area contributed by atoms with Crippen molar-refractivity contribution in [2.45, 2.75) is 19.3 Å². The van der Waals surface area contributed by atoms with Crippen molar-refractivity contribution in [1.29, 1.82) is 0 Å². The van der Waals surface area contributed by atoms with E-state index in [1.807, 2.05) is 12.3 Å². The van der Waals surface area contributed by atoms with Crippen molar-refractivity contribution in [2.75, 3.05) is 44.2 Å². The van der Waals surface area contributed by atoms with Crippen LogP contribution in [0.25, 0.3) is 5.65 Å². The molecule has 0 bridgehead atoms. The average Bonchev–Trinajstić information content (AvgIpc) is 2.85. The summed E-state index contributed by atoms with van der Waals surface area (Å²) in [6.07, 6.45) is 7.29. The molecule has 21 heavy (non-hydrogen) atoms. The van der Waals surface area contributed by atoms with E-state index < -0.39 is 0 Å². The van der Waals surface area contributed by atoms with Crippen LogP contribution in [0.15, 0.2) is 24.5 Å². The monoisotopic (exact) mass is 288 g/mol. The molecule has 2 aromatic rings. The van der Waals surface area contributed by atoms with Gasteiger partial charge in [-0.2, -0.15) is 5.10 Å². The zero-order valence-electron chi connectivity index (χ0n) is 12.5. The van der Waals surface area contributed by atoms with Gasteiger partial charge in [0, 0.05) is 31.9 Å². The molecule has 3 rings (SSSR count). The van der Waals surface area contributed by atoms with Gasteiger partial charge >= 0.3 is 0 Å². The van der Waals surface area contributed by atoms with E-state index in [4.69, 9.17) is 10.7 Å². The number of hydrogen-bond acceptors (Lipinski definition) is 5. The van der Waals surface area contributed by atoms with Gasteiger partial charge in [-0.25, -0.2) is 9.50 Å². The highest BCUT2D eigenvalue weighted by Crippen LogP contribution is 2.15. The first kappa shape index (κ1) is 14.3.